The van der Waals surface area contributed by atoms with Crippen molar-refractivity contribution in [1.29, 1.82) is 0 Å². The molecule has 2 aromatic carbocycles. The first-order valence-electron chi connectivity index (χ1n) is 8.72. The van der Waals surface area contributed by atoms with Gasteiger partial charge in [-0.15, -0.1) is 15.0 Å². The van der Waals surface area contributed by atoms with Crippen LogP contribution in [-0.2, 0) is 12.6 Å². The predicted octanol–water partition coefficient (Wildman–Crippen LogP) is 3.58. The van der Waals surface area contributed by atoms with Crippen molar-refractivity contribution in [2.45, 2.75) is 25.9 Å². The molecule has 0 unspecified atom stereocenters. The van der Waals surface area contributed by atoms with Gasteiger partial charge in [-0.3, -0.25) is 4.79 Å². The van der Waals surface area contributed by atoms with E-state index in [1.807, 2.05) is 19.1 Å². The van der Waals surface area contributed by atoms with Crippen molar-refractivity contribution in [2.24, 2.45) is 0 Å². The summed E-state index contributed by atoms with van der Waals surface area (Å²) in [4.78, 5) is 15.5. The van der Waals surface area contributed by atoms with Gasteiger partial charge in [-0.1, -0.05) is 17.7 Å². The summed E-state index contributed by atoms with van der Waals surface area (Å²) in [5.41, 5.74) is 2.56. The summed E-state index contributed by atoms with van der Waals surface area (Å²) in [6.45, 7) is 2.54. The summed E-state index contributed by atoms with van der Waals surface area (Å²) in [6.07, 6.45) is -2.70. The normalized spacial score (nSPS) is 14.1. The van der Waals surface area contributed by atoms with Gasteiger partial charge in [-0.25, -0.2) is 0 Å². The molecule has 3 aromatic rings. The maximum atomic E-state index is 12.9. The third-order valence-corrected chi connectivity index (χ3v) is 4.63. The van der Waals surface area contributed by atoms with Crippen LogP contribution in [0.15, 0.2) is 42.5 Å². The molecule has 0 fully saturated rings. The maximum absolute atomic E-state index is 12.9. The van der Waals surface area contributed by atoms with Gasteiger partial charge in [-0.2, -0.15) is 13.2 Å². The number of amides is 1. The van der Waals surface area contributed by atoms with Crippen molar-refractivity contribution in [2.75, 3.05) is 11.4 Å². The second-order valence-corrected chi connectivity index (χ2v) is 6.64. The van der Waals surface area contributed by atoms with Crippen molar-refractivity contribution in [3.8, 4) is 5.69 Å². The van der Waals surface area contributed by atoms with Crippen LogP contribution in [0.5, 0.6) is 0 Å². The lowest BCUT2D eigenvalue weighted by molar-refractivity contribution is -0.137. The Morgan fingerprint density at radius 1 is 1.11 bits per heavy atom. The van der Waals surface area contributed by atoms with Crippen LogP contribution < -0.4 is 4.90 Å². The Bertz CT molecular complexity index is 1030. The smallest absolute Gasteiger partial charge is 0.305 e. The number of halogens is 3. The molecule has 0 radical (unpaired) electrons. The van der Waals surface area contributed by atoms with Gasteiger partial charge < -0.3 is 4.90 Å². The number of carbonyl (C=O) groups excluding carboxylic acids is 1. The van der Waals surface area contributed by atoms with Gasteiger partial charge in [0.15, 0.2) is 0 Å². The number of aromatic nitrogens is 4. The summed E-state index contributed by atoms with van der Waals surface area (Å²) < 4.78 is 38.1. The molecule has 4 rings (SSSR count). The van der Waals surface area contributed by atoms with E-state index in [0.717, 1.165) is 46.6 Å². The van der Waals surface area contributed by atoms with E-state index in [2.05, 4.69) is 21.5 Å². The number of fused-ring (bicyclic) bond motifs is 1. The average Bonchev–Trinajstić information content (AvgIpc) is 3.16. The molecule has 0 saturated carbocycles. The van der Waals surface area contributed by atoms with Crippen molar-refractivity contribution in [3.63, 3.8) is 0 Å². The molecule has 0 spiro atoms. The molecule has 2 heterocycles. The van der Waals surface area contributed by atoms with Gasteiger partial charge in [0.05, 0.1) is 11.3 Å². The molecule has 0 atom stereocenters. The molecular weight excluding hydrogens is 371 g/mol. The Morgan fingerprint density at radius 2 is 1.86 bits per heavy atom. The fourth-order valence-corrected chi connectivity index (χ4v) is 3.25. The Labute approximate surface area is 158 Å². The summed E-state index contributed by atoms with van der Waals surface area (Å²) in [5.74, 6) is -0.490. The van der Waals surface area contributed by atoms with E-state index in [1.165, 1.54) is 12.1 Å². The van der Waals surface area contributed by atoms with Crippen LogP contribution in [0.25, 0.3) is 5.69 Å². The molecule has 1 aliphatic heterocycles. The standard InChI is InChI=1S/C19H16F3N5O/c1-12-4-9-16-13(11-12)3-2-10-26(16)18(28)17-23-25-27(24-17)15-7-5-14(6-8-15)19(20,21)22/h4-9,11H,2-3,10H2,1H3. The first-order valence-corrected chi connectivity index (χ1v) is 8.72. The maximum Gasteiger partial charge on any atom is 0.416 e. The fourth-order valence-electron chi connectivity index (χ4n) is 3.25. The molecule has 144 valence electrons. The van der Waals surface area contributed by atoms with E-state index >= 15 is 0 Å². The number of carbonyl (C=O) groups is 1. The molecule has 0 N–H and O–H groups in total. The van der Waals surface area contributed by atoms with Crippen LogP contribution in [0.3, 0.4) is 0 Å². The summed E-state index contributed by atoms with van der Waals surface area (Å²) in [5, 5.41) is 11.7. The topological polar surface area (TPSA) is 63.9 Å². The first-order chi connectivity index (χ1) is 13.3. The minimum Gasteiger partial charge on any atom is -0.305 e. The zero-order valence-corrected chi connectivity index (χ0v) is 14.9. The van der Waals surface area contributed by atoms with Crippen LogP contribution in [0.2, 0.25) is 0 Å². The largest absolute Gasteiger partial charge is 0.416 e. The SMILES string of the molecule is Cc1ccc2c(c1)CCCN2C(=O)c1nnn(-c2ccc(C(F)(F)F)cc2)n1. The van der Waals surface area contributed by atoms with E-state index in [4.69, 9.17) is 0 Å². The third-order valence-electron chi connectivity index (χ3n) is 4.63. The number of nitrogens with zero attached hydrogens (tertiary/aromatic N) is 5. The number of alkyl halides is 3. The highest BCUT2D eigenvalue weighted by Crippen LogP contribution is 2.30. The van der Waals surface area contributed by atoms with Crippen LogP contribution in [-0.4, -0.2) is 32.7 Å². The lowest BCUT2D eigenvalue weighted by atomic mass is 9.99. The zero-order valence-electron chi connectivity index (χ0n) is 14.9. The van der Waals surface area contributed by atoms with Gasteiger partial charge in [0.2, 0.25) is 0 Å². The molecule has 0 saturated heterocycles. The second-order valence-electron chi connectivity index (χ2n) is 6.64. The Hall–Kier alpha value is -3.23. The van der Waals surface area contributed by atoms with Gasteiger partial charge >= 0.3 is 6.18 Å². The molecule has 0 aliphatic carbocycles. The number of hydrogen-bond donors (Lipinski definition) is 0. The number of anilines is 1. The third kappa shape index (κ3) is 3.35. The fraction of sp³-hybridized carbons (Fsp3) is 0.263. The molecule has 28 heavy (non-hydrogen) atoms. The van der Waals surface area contributed by atoms with Gasteiger partial charge in [-0.05, 0) is 60.9 Å². The van der Waals surface area contributed by atoms with Crippen molar-refractivity contribution < 1.29 is 18.0 Å². The van der Waals surface area contributed by atoms with Crippen LogP contribution in [0.4, 0.5) is 18.9 Å². The van der Waals surface area contributed by atoms with E-state index in [9.17, 15) is 18.0 Å². The van der Waals surface area contributed by atoms with Crippen LogP contribution >= 0.6 is 0 Å². The van der Waals surface area contributed by atoms with Crippen LogP contribution in [0, 0.1) is 6.92 Å². The molecular formula is C19H16F3N5O. The highest BCUT2D eigenvalue weighted by molar-refractivity contribution is 6.04. The number of tetrazole rings is 1. The van der Waals surface area contributed by atoms with E-state index in [1.54, 1.807) is 4.90 Å². The van der Waals surface area contributed by atoms with Crippen LogP contribution in [0.1, 0.15) is 33.7 Å². The minimum atomic E-state index is -4.42. The van der Waals surface area contributed by atoms with Crippen molar-refractivity contribution in [1.82, 2.24) is 20.2 Å². The van der Waals surface area contributed by atoms with E-state index < -0.39 is 11.7 Å². The molecule has 1 aromatic heterocycles. The Balaban J connectivity index is 1.59. The monoisotopic (exact) mass is 387 g/mol. The summed E-state index contributed by atoms with van der Waals surface area (Å²) >= 11 is 0. The average molecular weight is 387 g/mol. The van der Waals surface area contributed by atoms with Crippen molar-refractivity contribution in [3.05, 3.63) is 65.0 Å². The molecule has 6 nitrogen and oxygen atoms in total. The number of rotatable bonds is 2. The molecule has 1 aliphatic rings. The quantitative estimate of drug-likeness (QED) is 0.674. The molecule has 9 heteroatoms. The highest BCUT2D eigenvalue weighted by atomic mass is 19.4. The Morgan fingerprint density at radius 3 is 2.57 bits per heavy atom. The van der Waals surface area contributed by atoms with Gasteiger partial charge in [0.25, 0.3) is 11.7 Å². The van der Waals surface area contributed by atoms with Gasteiger partial charge in [0, 0.05) is 12.2 Å². The number of aryl methyl sites for hydroxylation is 2. The number of hydrogen-bond acceptors (Lipinski definition) is 4. The van der Waals surface area contributed by atoms with Gasteiger partial charge in [0.1, 0.15) is 0 Å². The Kier molecular flexibility index (Phi) is 4.37. The van der Waals surface area contributed by atoms with E-state index in [-0.39, 0.29) is 17.4 Å². The predicted molar refractivity (Wildman–Crippen MR) is 95.3 cm³/mol. The summed E-state index contributed by atoms with van der Waals surface area (Å²) in [7, 11) is 0. The molecule has 0 bridgehead atoms. The zero-order chi connectivity index (χ0) is 19.9. The highest BCUT2D eigenvalue weighted by Gasteiger charge is 2.30. The van der Waals surface area contributed by atoms with Crippen molar-refractivity contribution >= 4 is 11.6 Å². The summed E-state index contributed by atoms with van der Waals surface area (Å²) in [6, 6.07) is 10.2. The molecule has 1 amide bonds. The number of benzene rings is 2. The first kappa shape index (κ1) is 18.1. The van der Waals surface area contributed by atoms with E-state index in [0.29, 0.717) is 6.54 Å². The lowest BCUT2D eigenvalue weighted by Gasteiger charge is -2.28. The second kappa shape index (κ2) is 6.74. The lowest BCUT2D eigenvalue weighted by Crippen LogP contribution is -2.36. The minimum absolute atomic E-state index is 0.103.